The second-order valence-electron chi connectivity index (χ2n) is 5.40. The number of benzene rings is 1. The molecule has 2 heterocycles. The molecule has 0 saturated heterocycles. The lowest BCUT2D eigenvalue weighted by atomic mass is 10.2. The van der Waals surface area contributed by atoms with Crippen molar-refractivity contribution in [3.8, 4) is 0 Å². The maximum absolute atomic E-state index is 13.5. The standard InChI is InChI=1S/C18H19FN2OS/c1-3-20(4-2)17(22)16-11-14-8-9-23-18(14)21(16)12-13-6-5-7-15(19)10-13/h5-11H,3-4,12H2,1-2H3. The van der Waals surface area contributed by atoms with Crippen molar-refractivity contribution in [2.75, 3.05) is 13.1 Å². The van der Waals surface area contributed by atoms with Crippen LogP contribution >= 0.6 is 11.3 Å². The van der Waals surface area contributed by atoms with Gasteiger partial charge in [0.25, 0.3) is 5.91 Å². The van der Waals surface area contributed by atoms with Gasteiger partial charge in [0.05, 0.1) is 0 Å². The number of hydrogen-bond donors (Lipinski definition) is 0. The van der Waals surface area contributed by atoms with E-state index in [4.69, 9.17) is 0 Å². The maximum Gasteiger partial charge on any atom is 0.270 e. The van der Waals surface area contributed by atoms with Crippen LogP contribution in [0.2, 0.25) is 0 Å². The van der Waals surface area contributed by atoms with Gasteiger partial charge in [0.1, 0.15) is 16.3 Å². The molecular formula is C18H19FN2OS. The molecule has 0 aliphatic rings. The van der Waals surface area contributed by atoms with E-state index >= 15 is 0 Å². The second-order valence-corrected chi connectivity index (χ2v) is 6.30. The van der Waals surface area contributed by atoms with Gasteiger partial charge in [0.15, 0.2) is 0 Å². The maximum atomic E-state index is 13.5. The monoisotopic (exact) mass is 330 g/mol. The van der Waals surface area contributed by atoms with E-state index in [-0.39, 0.29) is 11.7 Å². The van der Waals surface area contributed by atoms with Gasteiger partial charge < -0.3 is 9.47 Å². The molecule has 3 rings (SSSR count). The molecule has 120 valence electrons. The Morgan fingerprint density at radius 2 is 2.00 bits per heavy atom. The molecular weight excluding hydrogens is 311 g/mol. The van der Waals surface area contributed by atoms with Gasteiger partial charge in [0.2, 0.25) is 0 Å². The van der Waals surface area contributed by atoms with Crippen LogP contribution in [0.25, 0.3) is 10.2 Å². The van der Waals surface area contributed by atoms with Crippen LogP contribution in [0.15, 0.2) is 41.8 Å². The zero-order valence-corrected chi connectivity index (χ0v) is 14.1. The lowest BCUT2D eigenvalue weighted by Gasteiger charge is -2.20. The van der Waals surface area contributed by atoms with E-state index in [1.165, 1.54) is 12.1 Å². The molecule has 3 nitrogen and oxygen atoms in total. The Morgan fingerprint density at radius 3 is 2.70 bits per heavy atom. The molecule has 23 heavy (non-hydrogen) atoms. The number of carbonyl (C=O) groups is 1. The molecule has 0 N–H and O–H groups in total. The summed E-state index contributed by atoms with van der Waals surface area (Å²) in [4.78, 5) is 15.6. The molecule has 0 fully saturated rings. The average Bonchev–Trinajstić information content (AvgIpc) is 3.11. The van der Waals surface area contributed by atoms with Crippen LogP contribution in [-0.2, 0) is 6.54 Å². The van der Waals surface area contributed by atoms with Crippen molar-refractivity contribution in [1.82, 2.24) is 9.47 Å². The Morgan fingerprint density at radius 1 is 1.22 bits per heavy atom. The lowest BCUT2D eigenvalue weighted by Crippen LogP contribution is -2.32. The van der Waals surface area contributed by atoms with Crippen LogP contribution in [-0.4, -0.2) is 28.5 Å². The molecule has 2 aromatic heterocycles. The SMILES string of the molecule is CCN(CC)C(=O)c1cc2ccsc2n1Cc1cccc(F)c1. The van der Waals surface area contributed by atoms with E-state index in [0.717, 1.165) is 15.8 Å². The summed E-state index contributed by atoms with van der Waals surface area (Å²) in [5, 5.41) is 3.07. The van der Waals surface area contributed by atoms with Gasteiger partial charge in [-0.15, -0.1) is 11.3 Å². The van der Waals surface area contributed by atoms with Crippen LogP contribution < -0.4 is 0 Å². The molecule has 0 radical (unpaired) electrons. The van der Waals surface area contributed by atoms with Crippen LogP contribution in [0.1, 0.15) is 29.9 Å². The molecule has 0 aliphatic heterocycles. The first-order valence-corrected chi connectivity index (χ1v) is 8.62. The highest BCUT2D eigenvalue weighted by molar-refractivity contribution is 7.16. The molecule has 3 aromatic rings. The number of aromatic nitrogens is 1. The Labute approximate surface area is 139 Å². The van der Waals surface area contributed by atoms with E-state index in [1.54, 1.807) is 22.3 Å². The molecule has 1 amide bonds. The minimum Gasteiger partial charge on any atom is -0.338 e. The molecule has 0 bridgehead atoms. The highest BCUT2D eigenvalue weighted by Gasteiger charge is 2.20. The van der Waals surface area contributed by atoms with Crippen molar-refractivity contribution < 1.29 is 9.18 Å². The van der Waals surface area contributed by atoms with Crippen LogP contribution in [0.4, 0.5) is 4.39 Å². The summed E-state index contributed by atoms with van der Waals surface area (Å²) in [5.74, 6) is -0.233. The van der Waals surface area contributed by atoms with Crippen molar-refractivity contribution in [2.24, 2.45) is 0 Å². The smallest absolute Gasteiger partial charge is 0.270 e. The third-order valence-electron chi connectivity index (χ3n) is 4.00. The molecule has 1 aromatic carbocycles. The predicted octanol–water partition coefficient (Wildman–Crippen LogP) is 4.37. The van der Waals surface area contributed by atoms with Crippen LogP contribution in [0.5, 0.6) is 0 Å². The Kier molecular flexibility index (Phi) is 4.48. The van der Waals surface area contributed by atoms with Crippen molar-refractivity contribution in [3.63, 3.8) is 0 Å². The van der Waals surface area contributed by atoms with E-state index in [2.05, 4.69) is 0 Å². The van der Waals surface area contributed by atoms with Gasteiger partial charge in [-0.3, -0.25) is 4.79 Å². The minimum absolute atomic E-state index is 0.0230. The first-order chi connectivity index (χ1) is 11.1. The summed E-state index contributed by atoms with van der Waals surface area (Å²) < 4.78 is 15.5. The Balaban J connectivity index is 2.05. The fraction of sp³-hybridized carbons (Fsp3) is 0.278. The van der Waals surface area contributed by atoms with Crippen molar-refractivity contribution in [1.29, 1.82) is 0 Å². The van der Waals surface area contributed by atoms with E-state index in [9.17, 15) is 9.18 Å². The number of hydrogen-bond acceptors (Lipinski definition) is 2. The molecule has 0 aliphatic carbocycles. The quantitative estimate of drug-likeness (QED) is 0.682. The number of fused-ring (bicyclic) bond motifs is 1. The average molecular weight is 330 g/mol. The van der Waals surface area contributed by atoms with Gasteiger partial charge in [0, 0.05) is 25.0 Å². The zero-order chi connectivity index (χ0) is 16.4. The van der Waals surface area contributed by atoms with Gasteiger partial charge in [-0.1, -0.05) is 12.1 Å². The summed E-state index contributed by atoms with van der Waals surface area (Å²) >= 11 is 1.60. The van der Waals surface area contributed by atoms with Crippen LogP contribution in [0.3, 0.4) is 0 Å². The minimum atomic E-state index is -0.256. The van der Waals surface area contributed by atoms with Gasteiger partial charge in [-0.2, -0.15) is 0 Å². The van der Waals surface area contributed by atoms with Gasteiger partial charge in [-0.05, 0) is 49.1 Å². The molecule has 0 saturated carbocycles. The molecule has 0 atom stereocenters. The Bertz CT molecular complexity index is 833. The molecule has 0 spiro atoms. The second kappa shape index (κ2) is 6.54. The molecule has 0 unspecified atom stereocenters. The fourth-order valence-corrected chi connectivity index (χ4v) is 3.70. The first-order valence-electron chi connectivity index (χ1n) is 7.74. The third kappa shape index (κ3) is 3.01. The number of thiophene rings is 1. The normalized spacial score (nSPS) is 11.1. The molecule has 5 heteroatoms. The number of halogens is 1. The highest BCUT2D eigenvalue weighted by Crippen LogP contribution is 2.27. The summed E-state index contributed by atoms with van der Waals surface area (Å²) in [5.41, 5.74) is 1.52. The predicted molar refractivity (Wildman–Crippen MR) is 92.6 cm³/mol. The van der Waals surface area contributed by atoms with Gasteiger partial charge in [-0.25, -0.2) is 4.39 Å². The summed E-state index contributed by atoms with van der Waals surface area (Å²) in [7, 11) is 0. The van der Waals surface area contributed by atoms with Crippen molar-refractivity contribution in [2.45, 2.75) is 20.4 Å². The largest absolute Gasteiger partial charge is 0.338 e. The highest BCUT2D eigenvalue weighted by atomic mass is 32.1. The first kappa shape index (κ1) is 15.7. The summed E-state index contributed by atoms with van der Waals surface area (Å²) in [6, 6.07) is 10.5. The summed E-state index contributed by atoms with van der Waals surface area (Å²) in [6.45, 7) is 5.79. The Hall–Kier alpha value is -2.14. The zero-order valence-electron chi connectivity index (χ0n) is 13.3. The van der Waals surface area contributed by atoms with Crippen LogP contribution in [0, 0.1) is 5.82 Å². The summed E-state index contributed by atoms with van der Waals surface area (Å²) in [6.07, 6.45) is 0. The number of rotatable bonds is 5. The topological polar surface area (TPSA) is 25.2 Å². The van der Waals surface area contributed by atoms with Gasteiger partial charge >= 0.3 is 0 Å². The number of carbonyl (C=O) groups excluding carboxylic acids is 1. The van der Waals surface area contributed by atoms with E-state index in [0.29, 0.717) is 25.3 Å². The van der Waals surface area contributed by atoms with E-state index < -0.39 is 0 Å². The van der Waals surface area contributed by atoms with Crippen molar-refractivity contribution >= 4 is 27.5 Å². The fourth-order valence-electron chi connectivity index (χ4n) is 2.80. The third-order valence-corrected chi connectivity index (χ3v) is 4.95. The van der Waals surface area contributed by atoms with Crippen molar-refractivity contribution in [3.05, 3.63) is 58.9 Å². The van der Waals surface area contributed by atoms with E-state index in [1.807, 2.05) is 42.0 Å². The lowest BCUT2D eigenvalue weighted by molar-refractivity contribution is 0.0763. The number of nitrogens with zero attached hydrogens (tertiary/aromatic N) is 2. The number of amides is 1.